The van der Waals surface area contributed by atoms with Crippen LogP contribution < -0.4 is 9.47 Å². The molecule has 1 saturated heterocycles. The molecule has 1 aromatic carbocycles. The molecule has 1 aliphatic carbocycles. The third-order valence-electron chi connectivity index (χ3n) is 5.53. The lowest BCUT2D eigenvalue weighted by Gasteiger charge is -2.45. The molecule has 5 nitrogen and oxygen atoms in total. The van der Waals surface area contributed by atoms with E-state index in [0.717, 1.165) is 36.6 Å². The molecule has 3 aliphatic rings. The van der Waals surface area contributed by atoms with Crippen LogP contribution in [0.3, 0.4) is 0 Å². The van der Waals surface area contributed by atoms with Crippen LogP contribution >= 0.6 is 0 Å². The first-order chi connectivity index (χ1) is 11.2. The minimum Gasteiger partial charge on any atom is -0.493 e. The number of methoxy groups -OCH3 is 3. The van der Waals surface area contributed by atoms with E-state index in [4.69, 9.17) is 14.2 Å². The van der Waals surface area contributed by atoms with Gasteiger partial charge in [0, 0.05) is 32.2 Å². The molecular weight excluding hydrogens is 294 g/mol. The van der Waals surface area contributed by atoms with E-state index in [1.165, 1.54) is 11.1 Å². The second-order valence-electron chi connectivity index (χ2n) is 6.53. The van der Waals surface area contributed by atoms with Gasteiger partial charge in [0.1, 0.15) is 6.10 Å². The van der Waals surface area contributed by atoms with Crippen molar-refractivity contribution in [1.29, 1.82) is 0 Å². The summed E-state index contributed by atoms with van der Waals surface area (Å²) in [6.07, 6.45) is 2.38. The zero-order valence-electron chi connectivity index (χ0n) is 13.8. The van der Waals surface area contributed by atoms with Crippen molar-refractivity contribution >= 4 is 0 Å². The zero-order valence-corrected chi connectivity index (χ0v) is 13.8. The highest BCUT2D eigenvalue weighted by atomic mass is 16.5. The van der Waals surface area contributed by atoms with Gasteiger partial charge in [0.05, 0.1) is 20.3 Å². The van der Waals surface area contributed by atoms with Crippen LogP contribution in [0, 0.1) is 0 Å². The fourth-order valence-corrected chi connectivity index (χ4v) is 4.48. The number of fused-ring (bicyclic) bond motifs is 2. The first-order valence-corrected chi connectivity index (χ1v) is 8.08. The number of nitrogens with zero attached hydrogens (tertiary/aromatic N) is 1. The normalized spacial score (nSPS) is 32.1. The smallest absolute Gasteiger partial charge is 0.161 e. The lowest BCUT2D eigenvalue weighted by atomic mass is 9.73. The van der Waals surface area contributed by atoms with E-state index in [1.54, 1.807) is 21.3 Å². The highest BCUT2D eigenvalue weighted by Crippen LogP contribution is 2.49. The van der Waals surface area contributed by atoms with Crippen LogP contribution in [-0.2, 0) is 11.3 Å². The minimum absolute atomic E-state index is 0.0195. The molecule has 4 atom stereocenters. The van der Waals surface area contributed by atoms with Crippen LogP contribution in [-0.4, -0.2) is 56.1 Å². The second-order valence-corrected chi connectivity index (χ2v) is 6.53. The molecule has 2 aliphatic heterocycles. The van der Waals surface area contributed by atoms with Gasteiger partial charge in [-0.25, -0.2) is 0 Å². The molecule has 0 amide bonds. The van der Waals surface area contributed by atoms with Gasteiger partial charge in [0.15, 0.2) is 11.5 Å². The molecule has 0 radical (unpaired) electrons. The summed E-state index contributed by atoms with van der Waals surface area (Å²) >= 11 is 0. The summed E-state index contributed by atoms with van der Waals surface area (Å²) < 4.78 is 16.4. The van der Waals surface area contributed by atoms with E-state index in [9.17, 15) is 5.11 Å². The molecule has 124 valence electrons. The largest absolute Gasteiger partial charge is 0.493 e. The Kier molecular flexibility index (Phi) is 3.59. The van der Waals surface area contributed by atoms with Crippen molar-refractivity contribution in [1.82, 2.24) is 4.90 Å². The first kappa shape index (κ1) is 15.0. The van der Waals surface area contributed by atoms with Gasteiger partial charge in [-0.1, -0.05) is 11.6 Å². The van der Waals surface area contributed by atoms with Crippen molar-refractivity contribution in [2.75, 3.05) is 27.9 Å². The Morgan fingerprint density at radius 1 is 1.13 bits per heavy atom. The summed E-state index contributed by atoms with van der Waals surface area (Å²) in [7, 11) is 4.97. The van der Waals surface area contributed by atoms with E-state index in [1.807, 2.05) is 6.07 Å². The topological polar surface area (TPSA) is 51.2 Å². The number of benzene rings is 1. The van der Waals surface area contributed by atoms with E-state index < -0.39 is 6.10 Å². The van der Waals surface area contributed by atoms with Gasteiger partial charge in [-0.05, 0) is 29.7 Å². The summed E-state index contributed by atoms with van der Waals surface area (Å²) in [6, 6.07) is 4.37. The molecule has 0 saturated carbocycles. The van der Waals surface area contributed by atoms with Crippen LogP contribution in [0.5, 0.6) is 11.5 Å². The van der Waals surface area contributed by atoms with E-state index in [0.29, 0.717) is 0 Å². The second kappa shape index (κ2) is 5.51. The summed E-state index contributed by atoms with van der Waals surface area (Å²) in [5.41, 5.74) is 3.76. The van der Waals surface area contributed by atoms with Gasteiger partial charge in [0.25, 0.3) is 0 Å². The van der Waals surface area contributed by atoms with Gasteiger partial charge in [-0.2, -0.15) is 0 Å². The number of rotatable bonds is 3. The van der Waals surface area contributed by atoms with Crippen LogP contribution in [0.2, 0.25) is 0 Å². The Labute approximate surface area is 136 Å². The van der Waals surface area contributed by atoms with Gasteiger partial charge < -0.3 is 19.3 Å². The fourth-order valence-electron chi connectivity index (χ4n) is 4.48. The third-order valence-corrected chi connectivity index (χ3v) is 5.53. The van der Waals surface area contributed by atoms with Gasteiger partial charge in [0.2, 0.25) is 0 Å². The van der Waals surface area contributed by atoms with Crippen molar-refractivity contribution in [3.63, 3.8) is 0 Å². The average molecular weight is 317 g/mol. The maximum Gasteiger partial charge on any atom is 0.161 e. The van der Waals surface area contributed by atoms with Crippen molar-refractivity contribution in [3.05, 3.63) is 34.9 Å². The Bertz CT molecular complexity index is 657. The predicted molar refractivity (Wildman–Crippen MR) is 86.0 cm³/mol. The maximum absolute atomic E-state index is 10.9. The monoisotopic (exact) mass is 317 g/mol. The molecule has 0 aromatic heterocycles. The molecule has 4 rings (SSSR count). The lowest BCUT2D eigenvalue weighted by Crippen LogP contribution is -2.50. The van der Waals surface area contributed by atoms with Crippen molar-refractivity contribution in [3.8, 4) is 11.5 Å². The fraction of sp³-hybridized carbons (Fsp3) is 0.556. The number of aliphatic hydroxyl groups is 1. The average Bonchev–Trinajstić information content (AvgIpc) is 2.98. The zero-order chi connectivity index (χ0) is 16.1. The van der Waals surface area contributed by atoms with Crippen LogP contribution in [0.25, 0.3) is 0 Å². The molecule has 0 spiro atoms. The number of aliphatic hydroxyl groups excluding tert-OH is 1. The standard InChI is InChI=1S/C18H23NO4/c1-21-13-7-11-9-19-5-4-10-6-15(23-3)18(20)16(17(10)19)12(11)8-14(13)22-2/h6-8,15-18,20H,4-5,9H2,1-3H3/t15?,16-,17+,18?/m0/s1. The van der Waals surface area contributed by atoms with Crippen LogP contribution in [0.1, 0.15) is 23.5 Å². The molecule has 1 aromatic rings. The summed E-state index contributed by atoms with van der Waals surface area (Å²) in [5, 5.41) is 10.9. The Morgan fingerprint density at radius 3 is 2.57 bits per heavy atom. The SMILES string of the molecule is COc1cc2c(cc1OC)[C@@H]1C(O)C(OC)C=C3CCN(C2)[C@H]31. The highest BCUT2D eigenvalue weighted by Gasteiger charge is 2.49. The molecular formula is C18H23NO4. The summed E-state index contributed by atoms with van der Waals surface area (Å²) in [6.45, 7) is 1.92. The maximum atomic E-state index is 10.9. The molecule has 23 heavy (non-hydrogen) atoms. The quantitative estimate of drug-likeness (QED) is 0.860. The van der Waals surface area contributed by atoms with Crippen molar-refractivity contribution in [2.45, 2.75) is 37.1 Å². The van der Waals surface area contributed by atoms with E-state index in [2.05, 4.69) is 17.0 Å². The summed E-state index contributed by atoms with van der Waals surface area (Å²) in [4.78, 5) is 2.46. The van der Waals surface area contributed by atoms with Crippen molar-refractivity contribution < 1.29 is 19.3 Å². The lowest BCUT2D eigenvalue weighted by molar-refractivity contribution is -0.0231. The van der Waals surface area contributed by atoms with Crippen molar-refractivity contribution in [2.24, 2.45) is 0 Å². The predicted octanol–water partition coefficient (Wildman–Crippen LogP) is 1.69. The number of hydrogen-bond acceptors (Lipinski definition) is 5. The Balaban J connectivity index is 1.86. The third kappa shape index (κ3) is 2.11. The molecule has 5 heteroatoms. The molecule has 2 unspecified atom stereocenters. The van der Waals surface area contributed by atoms with E-state index in [-0.39, 0.29) is 18.1 Å². The molecule has 0 bridgehead atoms. The van der Waals surface area contributed by atoms with Gasteiger partial charge in [-0.15, -0.1) is 0 Å². The first-order valence-electron chi connectivity index (χ1n) is 8.08. The highest BCUT2D eigenvalue weighted by molar-refractivity contribution is 5.52. The number of ether oxygens (including phenoxy) is 3. The van der Waals surface area contributed by atoms with Gasteiger partial charge >= 0.3 is 0 Å². The van der Waals surface area contributed by atoms with E-state index >= 15 is 0 Å². The Hall–Kier alpha value is -1.56. The molecule has 1 fully saturated rings. The van der Waals surface area contributed by atoms with Gasteiger partial charge in [-0.3, -0.25) is 4.90 Å². The van der Waals surface area contributed by atoms with Crippen LogP contribution in [0.15, 0.2) is 23.8 Å². The minimum atomic E-state index is -0.550. The molecule has 1 N–H and O–H groups in total. The van der Waals surface area contributed by atoms with Crippen LogP contribution in [0.4, 0.5) is 0 Å². The number of hydrogen-bond donors (Lipinski definition) is 1. The molecule has 2 heterocycles. The Morgan fingerprint density at radius 2 is 1.87 bits per heavy atom. The summed E-state index contributed by atoms with van der Waals surface area (Å²) in [5.74, 6) is 1.48.